The Morgan fingerprint density at radius 2 is 2.18 bits per heavy atom. The van der Waals surface area contributed by atoms with Crippen LogP contribution in [-0.2, 0) is 4.74 Å². The molecule has 2 aliphatic carbocycles. The second-order valence-electron chi connectivity index (χ2n) is 6.90. The minimum atomic E-state index is 0.417. The summed E-state index contributed by atoms with van der Waals surface area (Å²) < 4.78 is 5.52. The summed E-state index contributed by atoms with van der Waals surface area (Å²) in [5.41, 5.74) is 1.61. The van der Waals surface area contributed by atoms with Gasteiger partial charge in [-0.25, -0.2) is 0 Å². The second-order valence-corrected chi connectivity index (χ2v) is 6.90. The van der Waals surface area contributed by atoms with Crippen LogP contribution < -0.4 is 0 Å². The van der Waals surface area contributed by atoms with Crippen molar-refractivity contribution >= 4 is 5.84 Å². The van der Waals surface area contributed by atoms with Gasteiger partial charge in [-0.15, -0.1) is 0 Å². The van der Waals surface area contributed by atoms with Crippen molar-refractivity contribution in [2.24, 2.45) is 10.9 Å². The smallest absolute Gasteiger partial charge is 0.1000 e. The maximum atomic E-state index is 5.52. The summed E-state index contributed by atoms with van der Waals surface area (Å²) in [7, 11) is 1.84. The number of methoxy groups -OCH3 is 1. The number of hydrogen-bond donors (Lipinski definition) is 0. The molecule has 0 amide bonds. The van der Waals surface area contributed by atoms with Crippen molar-refractivity contribution in [3.05, 3.63) is 36.0 Å². The van der Waals surface area contributed by atoms with E-state index in [0.29, 0.717) is 24.1 Å². The number of amidine groups is 1. The van der Waals surface area contributed by atoms with E-state index in [1.54, 1.807) is 5.57 Å². The van der Waals surface area contributed by atoms with Crippen molar-refractivity contribution < 1.29 is 4.74 Å². The predicted octanol–water partition coefficient (Wildman–Crippen LogP) is 3.49. The fourth-order valence-electron chi connectivity index (χ4n) is 4.46. The molecule has 3 heteroatoms. The van der Waals surface area contributed by atoms with Crippen LogP contribution in [0.15, 0.2) is 40.9 Å². The molecule has 1 saturated heterocycles. The summed E-state index contributed by atoms with van der Waals surface area (Å²) in [6.07, 6.45) is 18.9. The summed E-state index contributed by atoms with van der Waals surface area (Å²) in [5, 5.41) is 0. The summed E-state index contributed by atoms with van der Waals surface area (Å²) >= 11 is 0. The van der Waals surface area contributed by atoms with Gasteiger partial charge >= 0.3 is 0 Å². The van der Waals surface area contributed by atoms with Crippen LogP contribution in [0, 0.1) is 5.92 Å². The third-order valence-electron chi connectivity index (χ3n) is 5.65. The van der Waals surface area contributed by atoms with Gasteiger partial charge in [0, 0.05) is 26.0 Å². The van der Waals surface area contributed by atoms with E-state index in [4.69, 9.17) is 9.73 Å². The minimum absolute atomic E-state index is 0.417. The molecule has 4 rings (SSSR count). The van der Waals surface area contributed by atoms with Crippen LogP contribution in [-0.4, -0.2) is 42.6 Å². The first-order valence-corrected chi connectivity index (χ1v) is 8.75. The highest BCUT2D eigenvalue weighted by atomic mass is 16.5. The fraction of sp³-hybridized carbons (Fsp3) is 0.632. The van der Waals surface area contributed by atoms with E-state index in [9.17, 15) is 0 Å². The molecule has 22 heavy (non-hydrogen) atoms. The highest BCUT2D eigenvalue weighted by Crippen LogP contribution is 2.38. The molecule has 0 spiro atoms. The van der Waals surface area contributed by atoms with Crippen LogP contribution >= 0.6 is 0 Å². The number of ether oxygens (including phenoxy) is 1. The summed E-state index contributed by atoms with van der Waals surface area (Å²) in [5.74, 6) is 1.93. The van der Waals surface area contributed by atoms with Crippen molar-refractivity contribution in [3.8, 4) is 0 Å². The van der Waals surface area contributed by atoms with Crippen LogP contribution in [0.3, 0.4) is 0 Å². The number of aliphatic imine (C=N–C) groups is 1. The zero-order valence-electron chi connectivity index (χ0n) is 13.4. The number of fused-ring (bicyclic) bond motifs is 1. The van der Waals surface area contributed by atoms with Gasteiger partial charge in [-0.2, -0.15) is 0 Å². The molecule has 2 heterocycles. The Morgan fingerprint density at radius 1 is 1.23 bits per heavy atom. The number of nitrogens with zero attached hydrogens (tertiary/aromatic N) is 2. The van der Waals surface area contributed by atoms with Crippen LogP contribution in [0.4, 0.5) is 0 Å². The standard InChI is InChI=1S/C19H26N2O/c1-22-16-11-9-15(10-12-16)19-18(14-6-3-2-4-7-14)20-17-8-5-13-21(17)19/h2-4,6,9,14,16,18-19H,5,7-8,10-13H2,1H3. The number of hydrogen-bond acceptors (Lipinski definition) is 3. The molecule has 0 radical (unpaired) electrons. The van der Waals surface area contributed by atoms with Gasteiger partial charge in [0.15, 0.2) is 0 Å². The first kappa shape index (κ1) is 14.3. The van der Waals surface area contributed by atoms with Crippen molar-refractivity contribution in [2.45, 2.75) is 56.7 Å². The molecule has 0 bridgehead atoms. The lowest BCUT2D eigenvalue weighted by Gasteiger charge is -2.35. The Labute approximate surface area is 133 Å². The Morgan fingerprint density at radius 3 is 2.91 bits per heavy atom. The average Bonchev–Trinajstić information content (AvgIpc) is 3.16. The van der Waals surface area contributed by atoms with Crippen molar-refractivity contribution in [3.63, 3.8) is 0 Å². The molecule has 0 saturated carbocycles. The minimum Gasteiger partial charge on any atom is -0.381 e. The van der Waals surface area contributed by atoms with E-state index in [1.807, 2.05) is 7.11 Å². The molecule has 1 fully saturated rings. The van der Waals surface area contributed by atoms with Gasteiger partial charge in [-0.1, -0.05) is 30.4 Å². The number of rotatable bonds is 3. The molecule has 0 aromatic rings. The molecule has 2 aliphatic heterocycles. The molecule has 4 aliphatic rings. The maximum Gasteiger partial charge on any atom is 0.1000 e. The van der Waals surface area contributed by atoms with Gasteiger partial charge < -0.3 is 9.64 Å². The molecule has 0 aromatic carbocycles. The normalized spacial score (nSPS) is 37.2. The molecule has 4 unspecified atom stereocenters. The summed E-state index contributed by atoms with van der Waals surface area (Å²) in [4.78, 5) is 7.76. The third kappa shape index (κ3) is 2.45. The Bertz CT molecular complexity index is 546. The molecule has 3 nitrogen and oxygen atoms in total. The van der Waals surface area contributed by atoms with Crippen LogP contribution in [0.1, 0.15) is 38.5 Å². The predicted molar refractivity (Wildman–Crippen MR) is 90.1 cm³/mol. The van der Waals surface area contributed by atoms with E-state index in [2.05, 4.69) is 35.3 Å². The molecule has 118 valence electrons. The van der Waals surface area contributed by atoms with Crippen LogP contribution in [0.5, 0.6) is 0 Å². The van der Waals surface area contributed by atoms with E-state index >= 15 is 0 Å². The topological polar surface area (TPSA) is 24.8 Å². The van der Waals surface area contributed by atoms with E-state index in [-0.39, 0.29) is 0 Å². The van der Waals surface area contributed by atoms with Gasteiger partial charge in [0.1, 0.15) is 0 Å². The van der Waals surface area contributed by atoms with E-state index in [0.717, 1.165) is 19.3 Å². The second kappa shape index (κ2) is 6.04. The third-order valence-corrected chi connectivity index (χ3v) is 5.65. The van der Waals surface area contributed by atoms with E-state index in [1.165, 1.54) is 31.6 Å². The SMILES string of the molecule is COC1CC=C(C2C(C3C=CC=CC3)N=C3CCCN32)CC1. The average molecular weight is 298 g/mol. The maximum absolute atomic E-state index is 5.52. The van der Waals surface area contributed by atoms with Gasteiger partial charge in [0.25, 0.3) is 0 Å². The molecular weight excluding hydrogens is 272 g/mol. The molecule has 0 N–H and O–H groups in total. The highest BCUT2D eigenvalue weighted by Gasteiger charge is 2.43. The fourth-order valence-corrected chi connectivity index (χ4v) is 4.46. The van der Waals surface area contributed by atoms with Gasteiger partial charge in [0.05, 0.1) is 24.0 Å². The monoisotopic (exact) mass is 298 g/mol. The molecule has 4 atom stereocenters. The van der Waals surface area contributed by atoms with Gasteiger partial charge in [0.2, 0.25) is 0 Å². The lowest BCUT2D eigenvalue weighted by molar-refractivity contribution is 0.0920. The van der Waals surface area contributed by atoms with Crippen LogP contribution in [0.2, 0.25) is 0 Å². The quantitative estimate of drug-likeness (QED) is 0.745. The summed E-state index contributed by atoms with van der Waals surface area (Å²) in [6, 6.07) is 0.929. The van der Waals surface area contributed by atoms with E-state index < -0.39 is 0 Å². The Balaban J connectivity index is 1.59. The zero-order valence-corrected chi connectivity index (χ0v) is 13.4. The van der Waals surface area contributed by atoms with Gasteiger partial charge in [-0.05, 0) is 37.7 Å². The van der Waals surface area contributed by atoms with Gasteiger partial charge in [-0.3, -0.25) is 4.99 Å². The Hall–Kier alpha value is -1.35. The van der Waals surface area contributed by atoms with Crippen LogP contribution in [0.25, 0.3) is 0 Å². The largest absolute Gasteiger partial charge is 0.381 e. The zero-order chi connectivity index (χ0) is 14.9. The van der Waals surface area contributed by atoms with Crippen molar-refractivity contribution in [1.29, 1.82) is 0 Å². The Kier molecular flexibility index (Phi) is 3.91. The first-order chi connectivity index (χ1) is 10.9. The molecule has 0 aromatic heterocycles. The summed E-state index contributed by atoms with van der Waals surface area (Å²) in [6.45, 7) is 1.19. The highest BCUT2D eigenvalue weighted by molar-refractivity contribution is 5.87. The lowest BCUT2D eigenvalue weighted by Crippen LogP contribution is -2.42. The number of allylic oxidation sites excluding steroid dienone is 3. The lowest BCUT2D eigenvalue weighted by atomic mass is 9.81. The first-order valence-electron chi connectivity index (χ1n) is 8.75. The van der Waals surface area contributed by atoms with Crippen molar-refractivity contribution in [1.82, 2.24) is 4.90 Å². The molecular formula is C19H26N2O. The van der Waals surface area contributed by atoms with Crippen molar-refractivity contribution in [2.75, 3.05) is 13.7 Å².